The lowest BCUT2D eigenvalue weighted by atomic mass is 10.0. The van der Waals surface area contributed by atoms with Gasteiger partial charge < -0.3 is 14.2 Å². The van der Waals surface area contributed by atoms with E-state index < -0.39 is 6.10 Å². The number of esters is 3. The van der Waals surface area contributed by atoms with Gasteiger partial charge in [0.2, 0.25) is 0 Å². The topological polar surface area (TPSA) is 78.9 Å². The molecule has 0 aliphatic carbocycles. The fourth-order valence-corrected chi connectivity index (χ4v) is 10.7. The van der Waals surface area contributed by atoms with E-state index in [1.165, 1.54) is 250 Å². The van der Waals surface area contributed by atoms with Crippen LogP contribution in [0.2, 0.25) is 0 Å². The second kappa shape index (κ2) is 69.6. The highest BCUT2D eigenvalue weighted by molar-refractivity contribution is 5.71. The fourth-order valence-electron chi connectivity index (χ4n) is 10.7. The summed E-state index contributed by atoms with van der Waals surface area (Å²) >= 11 is 0. The van der Waals surface area contributed by atoms with Crippen molar-refractivity contribution in [2.24, 2.45) is 0 Å². The molecule has 1 unspecified atom stereocenters. The maximum absolute atomic E-state index is 13.0. The molecule has 0 N–H and O–H groups in total. The van der Waals surface area contributed by atoms with E-state index in [0.29, 0.717) is 19.3 Å². The van der Waals surface area contributed by atoms with E-state index in [4.69, 9.17) is 14.2 Å². The van der Waals surface area contributed by atoms with Crippen LogP contribution in [0.25, 0.3) is 0 Å². The highest BCUT2D eigenvalue weighted by atomic mass is 16.6. The van der Waals surface area contributed by atoms with Gasteiger partial charge in [-0.3, -0.25) is 14.4 Å². The molecule has 0 spiro atoms. The van der Waals surface area contributed by atoms with Crippen molar-refractivity contribution in [3.8, 4) is 0 Å². The zero-order chi connectivity index (χ0) is 58.5. The monoisotopic (exact) mass is 1130 g/mol. The predicted octanol–water partition coefficient (Wildman–Crippen LogP) is 24.7. The van der Waals surface area contributed by atoms with Gasteiger partial charge in [-0.1, -0.05) is 358 Å². The summed E-state index contributed by atoms with van der Waals surface area (Å²) in [5.74, 6) is -0.843. The molecule has 0 radical (unpaired) electrons. The Kier molecular flexibility index (Phi) is 67.1. The summed E-state index contributed by atoms with van der Waals surface area (Å²) in [5, 5.41) is 0. The zero-order valence-electron chi connectivity index (χ0n) is 54.3. The van der Waals surface area contributed by atoms with Crippen LogP contribution in [0.1, 0.15) is 380 Å². The third-order valence-electron chi connectivity index (χ3n) is 16.0. The number of carbonyl (C=O) groups excluding carboxylic acids is 3. The maximum atomic E-state index is 13.0. The van der Waals surface area contributed by atoms with E-state index in [0.717, 1.165) is 89.9 Å². The van der Waals surface area contributed by atoms with Gasteiger partial charge in [-0.2, -0.15) is 0 Å². The van der Waals surface area contributed by atoms with Crippen LogP contribution in [0.4, 0.5) is 0 Å². The Morgan fingerprint density at radius 3 is 0.753 bits per heavy atom. The van der Waals surface area contributed by atoms with Crippen LogP contribution in [0, 0.1) is 0 Å². The van der Waals surface area contributed by atoms with Gasteiger partial charge >= 0.3 is 17.9 Å². The first kappa shape index (κ1) is 78.1. The molecule has 472 valence electrons. The minimum absolute atomic E-state index is 0.0684. The molecule has 0 rings (SSSR count). The molecule has 0 saturated heterocycles. The predicted molar refractivity (Wildman–Crippen MR) is 353 cm³/mol. The van der Waals surface area contributed by atoms with E-state index in [9.17, 15) is 14.4 Å². The lowest BCUT2D eigenvalue weighted by Gasteiger charge is -2.18. The van der Waals surface area contributed by atoms with Crippen LogP contribution in [-0.4, -0.2) is 37.2 Å². The minimum Gasteiger partial charge on any atom is -0.462 e. The van der Waals surface area contributed by atoms with E-state index in [2.05, 4.69) is 81.5 Å². The van der Waals surface area contributed by atoms with Crippen molar-refractivity contribution < 1.29 is 28.6 Å². The van der Waals surface area contributed by atoms with Crippen LogP contribution < -0.4 is 0 Å². The van der Waals surface area contributed by atoms with Crippen molar-refractivity contribution in [2.75, 3.05) is 13.2 Å². The number of hydrogen-bond acceptors (Lipinski definition) is 6. The second-order valence-electron chi connectivity index (χ2n) is 24.1. The molecule has 6 nitrogen and oxygen atoms in total. The molecule has 0 fully saturated rings. The van der Waals surface area contributed by atoms with Gasteiger partial charge in [0.15, 0.2) is 6.10 Å². The maximum Gasteiger partial charge on any atom is 0.306 e. The van der Waals surface area contributed by atoms with Gasteiger partial charge in [0.1, 0.15) is 13.2 Å². The number of allylic oxidation sites excluding steroid dienone is 10. The van der Waals surface area contributed by atoms with Gasteiger partial charge in [-0.15, -0.1) is 0 Å². The lowest BCUT2D eigenvalue weighted by Crippen LogP contribution is -2.30. The number of ether oxygens (including phenoxy) is 3. The Morgan fingerprint density at radius 2 is 0.481 bits per heavy atom. The lowest BCUT2D eigenvalue weighted by molar-refractivity contribution is -0.167. The van der Waals surface area contributed by atoms with Crippen LogP contribution in [0.15, 0.2) is 60.8 Å². The fraction of sp³-hybridized carbons (Fsp3) is 0.827. The third kappa shape index (κ3) is 67.8. The first-order valence-corrected chi connectivity index (χ1v) is 35.8. The molecule has 0 aliphatic heterocycles. The number of rotatable bonds is 66. The summed E-state index contributed by atoms with van der Waals surface area (Å²) in [6, 6.07) is 0. The molecule has 0 aliphatic rings. The quantitative estimate of drug-likeness (QED) is 0.0261. The third-order valence-corrected chi connectivity index (χ3v) is 16.0. The van der Waals surface area contributed by atoms with Gasteiger partial charge in [-0.05, 0) is 64.2 Å². The summed E-state index contributed by atoms with van der Waals surface area (Å²) in [6.45, 7) is 6.60. The first-order chi connectivity index (χ1) is 40.0. The van der Waals surface area contributed by atoms with Crippen molar-refractivity contribution in [1.29, 1.82) is 0 Å². The van der Waals surface area contributed by atoms with Crippen LogP contribution >= 0.6 is 0 Å². The average Bonchev–Trinajstić information content (AvgIpc) is 3.47. The molecule has 6 heteroatoms. The summed E-state index contributed by atoms with van der Waals surface area (Å²) in [5.41, 5.74) is 0. The molecule has 81 heavy (non-hydrogen) atoms. The van der Waals surface area contributed by atoms with Crippen molar-refractivity contribution in [2.45, 2.75) is 386 Å². The Hall–Kier alpha value is -2.89. The molecule has 0 amide bonds. The van der Waals surface area contributed by atoms with Crippen molar-refractivity contribution in [3.05, 3.63) is 60.8 Å². The zero-order valence-corrected chi connectivity index (χ0v) is 54.3. The SMILES string of the molecule is CC/C=C\C/C=C\C/C=C\C/C=C\C/C=C\CCCCCCCCCCCCCC(=O)OCC(COC(=O)CCCCCCCCCCCCCCCCC)OC(=O)CCCCCCCCCCCCCCCCCCCCCCC. The number of carbonyl (C=O) groups is 3. The van der Waals surface area contributed by atoms with Crippen LogP contribution in [-0.2, 0) is 28.6 Å². The molecular formula is C75H136O6. The minimum atomic E-state index is -0.773. The highest BCUT2D eigenvalue weighted by Crippen LogP contribution is 2.19. The Morgan fingerprint density at radius 1 is 0.259 bits per heavy atom. The molecule has 0 bridgehead atoms. The summed E-state index contributed by atoms with van der Waals surface area (Å²) in [7, 11) is 0. The highest BCUT2D eigenvalue weighted by Gasteiger charge is 2.19. The molecule has 0 heterocycles. The van der Waals surface area contributed by atoms with Gasteiger partial charge in [0.05, 0.1) is 0 Å². The van der Waals surface area contributed by atoms with Gasteiger partial charge in [0, 0.05) is 19.3 Å². The summed E-state index contributed by atoms with van der Waals surface area (Å²) in [6.07, 6.45) is 89.6. The molecule has 0 aromatic carbocycles. The summed E-state index contributed by atoms with van der Waals surface area (Å²) < 4.78 is 17.0. The largest absolute Gasteiger partial charge is 0.462 e. The van der Waals surface area contributed by atoms with Crippen molar-refractivity contribution in [1.82, 2.24) is 0 Å². The molecule has 0 aromatic rings. The van der Waals surface area contributed by atoms with Gasteiger partial charge in [-0.25, -0.2) is 0 Å². The van der Waals surface area contributed by atoms with Crippen molar-refractivity contribution >= 4 is 17.9 Å². The first-order valence-electron chi connectivity index (χ1n) is 35.8. The average molecular weight is 1130 g/mol. The number of hydrogen-bond donors (Lipinski definition) is 0. The molecule has 0 saturated carbocycles. The number of unbranched alkanes of at least 4 members (excludes halogenated alkanes) is 45. The van der Waals surface area contributed by atoms with Crippen LogP contribution in [0.3, 0.4) is 0 Å². The van der Waals surface area contributed by atoms with Crippen molar-refractivity contribution in [3.63, 3.8) is 0 Å². The van der Waals surface area contributed by atoms with Gasteiger partial charge in [0.25, 0.3) is 0 Å². The molecule has 0 aromatic heterocycles. The van der Waals surface area contributed by atoms with E-state index in [1.807, 2.05) is 0 Å². The molecule has 1 atom stereocenters. The molecular weight excluding hydrogens is 997 g/mol. The van der Waals surface area contributed by atoms with Crippen LogP contribution in [0.5, 0.6) is 0 Å². The summed E-state index contributed by atoms with van der Waals surface area (Å²) in [4.78, 5) is 38.5. The van der Waals surface area contributed by atoms with E-state index in [-0.39, 0.29) is 31.1 Å². The second-order valence-corrected chi connectivity index (χ2v) is 24.1. The standard InChI is InChI=1S/C75H136O6/c1-4-7-10-13-16-19-22-25-28-30-32-34-35-36-37-38-39-41-42-44-47-50-53-56-59-62-65-68-74(77)80-71-72(70-79-73(76)67-64-61-58-55-52-49-46-27-24-21-18-15-12-9-6-3)81-75(78)69-66-63-60-57-54-51-48-45-43-40-33-31-29-26-23-20-17-14-11-8-5-2/h7,10,16,19,25,28,32,34,36-37,72H,4-6,8-9,11-15,17-18,20-24,26-27,29-31,33,35,38-71H2,1-3H3/b10-7-,19-16-,28-25-,34-32-,37-36-. The normalized spacial score (nSPS) is 12.4. The van der Waals surface area contributed by atoms with E-state index >= 15 is 0 Å². The Labute approximate surface area is 504 Å². The Balaban J connectivity index is 4.28. The smallest absolute Gasteiger partial charge is 0.306 e. The van der Waals surface area contributed by atoms with E-state index in [1.54, 1.807) is 0 Å². The Bertz CT molecular complexity index is 1440.